The molecule has 1 aromatic carbocycles. The monoisotopic (exact) mass is 393 g/mol. The van der Waals surface area contributed by atoms with E-state index in [0.29, 0.717) is 10.8 Å². The van der Waals surface area contributed by atoms with Crippen LogP contribution in [0.25, 0.3) is 28.3 Å². The van der Waals surface area contributed by atoms with Crippen molar-refractivity contribution < 1.29 is 0 Å². The van der Waals surface area contributed by atoms with Gasteiger partial charge in [-0.15, -0.1) is 0 Å². The molecule has 0 fully saturated rings. The average Bonchev–Trinajstić information content (AvgIpc) is 3.17. The van der Waals surface area contributed by atoms with Gasteiger partial charge in [0.25, 0.3) is 5.56 Å². The van der Waals surface area contributed by atoms with Crippen LogP contribution in [0.1, 0.15) is 26.2 Å². The molecule has 28 heavy (non-hydrogen) atoms. The minimum atomic E-state index is -0.131. The highest BCUT2D eigenvalue weighted by molar-refractivity contribution is 6.30. The predicted octanol–water partition coefficient (Wildman–Crippen LogP) is 4.46. The van der Waals surface area contributed by atoms with Gasteiger partial charge >= 0.3 is 0 Å². The molecule has 0 saturated carbocycles. The van der Waals surface area contributed by atoms with Gasteiger partial charge in [0, 0.05) is 47.4 Å². The number of imidazole rings is 1. The molecule has 3 heterocycles. The van der Waals surface area contributed by atoms with Crippen LogP contribution in [0.5, 0.6) is 0 Å². The quantitative estimate of drug-likeness (QED) is 0.453. The molecule has 6 nitrogen and oxygen atoms in total. The van der Waals surface area contributed by atoms with E-state index in [2.05, 4.69) is 21.5 Å². The lowest BCUT2D eigenvalue weighted by atomic mass is 10.2. The fraction of sp³-hybridized carbons (Fsp3) is 0.238. The van der Waals surface area contributed by atoms with Crippen LogP contribution in [0.15, 0.2) is 60.0 Å². The summed E-state index contributed by atoms with van der Waals surface area (Å²) in [6.07, 6.45) is 9.92. The number of unbranched alkanes of at least 4 members (excludes halogenated alkanes) is 2. The Hall–Kier alpha value is -2.99. The Bertz CT molecular complexity index is 1150. The van der Waals surface area contributed by atoms with Crippen molar-refractivity contribution in [2.45, 2.75) is 32.7 Å². The zero-order chi connectivity index (χ0) is 19.5. The smallest absolute Gasteiger partial charge is 0.259 e. The lowest BCUT2D eigenvalue weighted by Gasteiger charge is -2.14. The molecule has 0 unspecified atom stereocenters. The van der Waals surface area contributed by atoms with Gasteiger partial charge in [0.1, 0.15) is 6.33 Å². The molecule has 0 N–H and O–H groups in total. The second-order valence-electron chi connectivity index (χ2n) is 6.66. The first kappa shape index (κ1) is 18.4. The fourth-order valence-corrected chi connectivity index (χ4v) is 3.39. The van der Waals surface area contributed by atoms with Crippen LogP contribution in [-0.4, -0.2) is 23.9 Å². The molecule has 0 saturated heterocycles. The predicted molar refractivity (Wildman–Crippen MR) is 110 cm³/mol. The maximum Gasteiger partial charge on any atom is 0.259 e. The van der Waals surface area contributed by atoms with Crippen molar-refractivity contribution in [3.05, 3.63) is 70.6 Å². The van der Waals surface area contributed by atoms with E-state index in [0.717, 1.165) is 48.3 Å². The van der Waals surface area contributed by atoms with Crippen LogP contribution in [0.2, 0.25) is 5.02 Å². The standard InChI is InChI=1S/C21H20ClN5O/c1-2-3-4-9-26-19(16-11-23-14-24-12-16)10-20(28)27-13-18(25-21(26)27)15-5-7-17(22)8-6-15/h5-8,10-14H,2-4,9H2,1H3. The molecule has 3 aromatic heterocycles. The molecule has 0 bridgehead atoms. The number of aromatic nitrogens is 5. The second kappa shape index (κ2) is 7.94. The lowest BCUT2D eigenvalue weighted by molar-refractivity contribution is 0.605. The summed E-state index contributed by atoms with van der Waals surface area (Å²) in [4.78, 5) is 25.8. The van der Waals surface area contributed by atoms with Crippen molar-refractivity contribution in [2.24, 2.45) is 0 Å². The van der Waals surface area contributed by atoms with E-state index in [1.165, 1.54) is 6.33 Å². The Morgan fingerprint density at radius 1 is 1.04 bits per heavy atom. The number of halogens is 1. The number of benzene rings is 1. The molecule has 0 amide bonds. The van der Waals surface area contributed by atoms with Gasteiger partial charge in [0.2, 0.25) is 5.78 Å². The third-order valence-electron chi connectivity index (χ3n) is 4.70. The van der Waals surface area contributed by atoms with Gasteiger partial charge < -0.3 is 4.57 Å². The summed E-state index contributed by atoms with van der Waals surface area (Å²) in [6, 6.07) is 9.08. The summed E-state index contributed by atoms with van der Waals surface area (Å²) >= 11 is 6.00. The van der Waals surface area contributed by atoms with E-state index in [9.17, 15) is 4.79 Å². The number of aryl methyl sites for hydroxylation is 1. The van der Waals surface area contributed by atoms with Crippen molar-refractivity contribution in [3.8, 4) is 22.5 Å². The third kappa shape index (κ3) is 3.55. The van der Waals surface area contributed by atoms with E-state index in [1.54, 1.807) is 29.1 Å². The normalized spacial score (nSPS) is 11.2. The molecule has 142 valence electrons. The molecule has 0 spiro atoms. The molecule has 7 heteroatoms. The summed E-state index contributed by atoms with van der Waals surface area (Å²) in [5.74, 6) is 0.618. The molecular weight excluding hydrogens is 374 g/mol. The lowest BCUT2D eigenvalue weighted by Crippen LogP contribution is -2.18. The highest BCUT2D eigenvalue weighted by Crippen LogP contribution is 2.24. The zero-order valence-electron chi connectivity index (χ0n) is 15.5. The zero-order valence-corrected chi connectivity index (χ0v) is 16.3. The minimum absolute atomic E-state index is 0.131. The molecule has 4 rings (SSSR count). The highest BCUT2D eigenvalue weighted by Gasteiger charge is 2.15. The number of nitrogens with zero attached hydrogens (tertiary/aromatic N) is 5. The van der Waals surface area contributed by atoms with Crippen LogP contribution in [0, 0.1) is 0 Å². The number of hydrogen-bond donors (Lipinski definition) is 0. The van der Waals surface area contributed by atoms with E-state index in [4.69, 9.17) is 16.6 Å². The Balaban J connectivity index is 1.91. The number of hydrogen-bond acceptors (Lipinski definition) is 4. The summed E-state index contributed by atoms with van der Waals surface area (Å²) in [5.41, 5.74) is 3.10. The Labute approximate surface area is 167 Å². The molecule has 0 aliphatic rings. The summed E-state index contributed by atoms with van der Waals surface area (Å²) in [5, 5.41) is 0.665. The van der Waals surface area contributed by atoms with Crippen LogP contribution in [0.3, 0.4) is 0 Å². The van der Waals surface area contributed by atoms with Crippen LogP contribution in [-0.2, 0) is 6.54 Å². The number of rotatable bonds is 6. The largest absolute Gasteiger partial charge is 0.311 e. The summed E-state index contributed by atoms with van der Waals surface area (Å²) in [6.45, 7) is 2.93. The SMILES string of the molecule is CCCCCn1c(-c2cncnc2)cc(=O)n2cc(-c3ccc(Cl)cc3)nc12. The van der Waals surface area contributed by atoms with Crippen LogP contribution >= 0.6 is 11.6 Å². The van der Waals surface area contributed by atoms with Gasteiger partial charge in [-0.2, -0.15) is 0 Å². The molecule has 0 radical (unpaired) electrons. The second-order valence-corrected chi connectivity index (χ2v) is 7.09. The fourth-order valence-electron chi connectivity index (χ4n) is 3.27. The first-order valence-corrected chi connectivity index (χ1v) is 9.69. The van der Waals surface area contributed by atoms with Crippen molar-refractivity contribution in [3.63, 3.8) is 0 Å². The van der Waals surface area contributed by atoms with Crippen molar-refractivity contribution >= 4 is 17.4 Å². The molecule has 0 atom stereocenters. The van der Waals surface area contributed by atoms with Gasteiger partial charge in [-0.25, -0.2) is 15.0 Å². The van der Waals surface area contributed by atoms with E-state index >= 15 is 0 Å². The van der Waals surface area contributed by atoms with Crippen molar-refractivity contribution in [1.82, 2.24) is 23.9 Å². The van der Waals surface area contributed by atoms with E-state index in [1.807, 2.05) is 24.3 Å². The Morgan fingerprint density at radius 2 is 1.79 bits per heavy atom. The van der Waals surface area contributed by atoms with Gasteiger partial charge in [0.15, 0.2) is 0 Å². The molecule has 0 aliphatic carbocycles. The van der Waals surface area contributed by atoms with Gasteiger partial charge in [-0.1, -0.05) is 43.5 Å². The van der Waals surface area contributed by atoms with E-state index in [-0.39, 0.29) is 5.56 Å². The highest BCUT2D eigenvalue weighted by atomic mass is 35.5. The molecular formula is C21H20ClN5O. The van der Waals surface area contributed by atoms with Crippen molar-refractivity contribution in [1.29, 1.82) is 0 Å². The first-order chi connectivity index (χ1) is 13.7. The number of fused-ring (bicyclic) bond motifs is 1. The van der Waals surface area contributed by atoms with Gasteiger partial charge in [-0.3, -0.25) is 9.20 Å². The topological polar surface area (TPSA) is 65.1 Å². The maximum atomic E-state index is 12.8. The summed E-state index contributed by atoms with van der Waals surface area (Å²) in [7, 11) is 0. The average molecular weight is 394 g/mol. The van der Waals surface area contributed by atoms with Crippen molar-refractivity contribution in [2.75, 3.05) is 0 Å². The maximum absolute atomic E-state index is 12.8. The minimum Gasteiger partial charge on any atom is -0.311 e. The Kier molecular flexibility index (Phi) is 5.21. The Morgan fingerprint density at radius 3 is 2.50 bits per heavy atom. The first-order valence-electron chi connectivity index (χ1n) is 9.31. The molecule has 4 aromatic rings. The third-order valence-corrected chi connectivity index (χ3v) is 4.95. The summed E-state index contributed by atoms with van der Waals surface area (Å²) < 4.78 is 3.68. The van der Waals surface area contributed by atoms with E-state index < -0.39 is 0 Å². The van der Waals surface area contributed by atoms with Gasteiger partial charge in [-0.05, 0) is 18.6 Å². The van der Waals surface area contributed by atoms with Crippen LogP contribution < -0.4 is 5.56 Å². The van der Waals surface area contributed by atoms with Crippen LogP contribution in [0.4, 0.5) is 0 Å². The molecule has 0 aliphatic heterocycles. The van der Waals surface area contributed by atoms with Gasteiger partial charge in [0.05, 0.1) is 11.4 Å².